The summed E-state index contributed by atoms with van der Waals surface area (Å²) >= 11 is 0. The van der Waals surface area contributed by atoms with Crippen LogP contribution in [-0.2, 0) is 0 Å². The number of hydrogen-bond donors (Lipinski definition) is 1. The molecule has 2 unspecified atom stereocenters. The summed E-state index contributed by atoms with van der Waals surface area (Å²) in [5.41, 5.74) is 0.558. The highest BCUT2D eigenvalue weighted by atomic mass is 15.3. The zero-order chi connectivity index (χ0) is 14.0. The van der Waals surface area contributed by atoms with Gasteiger partial charge in [-0.05, 0) is 51.6 Å². The standard InChI is InChI=1S/C17H33N3/c1-15-11-19-10-6-7-16(19)12-20(15)14-17(13-18-2)8-4-3-5-9-17/h15-16,18H,3-14H2,1-2H3. The Hall–Kier alpha value is -0.120. The fourth-order valence-corrected chi connectivity index (χ4v) is 4.97. The molecular formula is C17H33N3. The smallest absolute Gasteiger partial charge is 0.0224 e. The minimum Gasteiger partial charge on any atom is -0.319 e. The van der Waals surface area contributed by atoms with E-state index in [0.29, 0.717) is 5.41 Å². The molecule has 1 N–H and O–H groups in total. The molecule has 20 heavy (non-hydrogen) atoms. The number of fused-ring (bicyclic) bond motifs is 1. The van der Waals surface area contributed by atoms with Gasteiger partial charge in [0.2, 0.25) is 0 Å². The molecule has 0 aromatic rings. The summed E-state index contributed by atoms with van der Waals surface area (Å²) in [6.07, 6.45) is 10.1. The largest absolute Gasteiger partial charge is 0.319 e. The first-order valence-electron chi connectivity index (χ1n) is 8.85. The van der Waals surface area contributed by atoms with Crippen molar-refractivity contribution in [1.82, 2.24) is 15.1 Å². The quantitative estimate of drug-likeness (QED) is 0.852. The van der Waals surface area contributed by atoms with Crippen LogP contribution < -0.4 is 5.32 Å². The second kappa shape index (κ2) is 6.33. The van der Waals surface area contributed by atoms with Crippen molar-refractivity contribution in [3.8, 4) is 0 Å². The predicted molar refractivity (Wildman–Crippen MR) is 85.1 cm³/mol. The number of nitrogens with one attached hydrogen (secondary N) is 1. The molecule has 3 rings (SSSR count). The van der Waals surface area contributed by atoms with Crippen molar-refractivity contribution >= 4 is 0 Å². The van der Waals surface area contributed by atoms with Gasteiger partial charge in [0.1, 0.15) is 0 Å². The van der Waals surface area contributed by atoms with Gasteiger partial charge in [0.15, 0.2) is 0 Å². The van der Waals surface area contributed by atoms with E-state index in [2.05, 4.69) is 29.1 Å². The van der Waals surface area contributed by atoms with Crippen molar-refractivity contribution in [2.45, 2.75) is 64.0 Å². The van der Waals surface area contributed by atoms with Crippen LogP contribution in [0.1, 0.15) is 51.9 Å². The topological polar surface area (TPSA) is 18.5 Å². The summed E-state index contributed by atoms with van der Waals surface area (Å²) in [5.74, 6) is 0. The molecule has 2 heterocycles. The Bertz CT molecular complexity index is 306. The van der Waals surface area contributed by atoms with Gasteiger partial charge < -0.3 is 5.32 Å². The number of nitrogens with zero attached hydrogens (tertiary/aromatic N) is 2. The molecule has 2 aliphatic heterocycles. The van der Waals surface area contributed by atoms with Crippen LogP contribution in [0.3, 0.4) is 0 Å². The molecule has 0 aromatic carbocycles. The van der Waals surface area contributed by atoms with Crippen LogP contribution in [0.5, 0.6) is 0 Å². The van der Waals surface area contributed by atoms with Crippen LogP contribution in [0.25, 0.3) is 0 Å². The highest BCUT2D eigenvalue weighted by Crippen LogP contribution is 2.38. The van der Waals surface area contributed by atoms with Crippen LogP contribution in [0.4, 0.5) is 0 Å². The zero-order valence-electron chi connectivity index (χ0n) is 13.5. The fourth-order valence-electron chi connectivity index (χ4n) is 4.97. The number of piperazine rings is 1. The minimum atomic E-state index is 0.558. The normalized spacial score (nSPS) is 35.1. The highest BCUT2D eigenvalue weighted by molar-refractivity contribution is 4.95. The lowest BCUT2D eigenvalue weighted by Gasteiger charge is -2.48. The van der Waals surface area contributed by atoms with E-state index in [1.54, 1.807) is 0 Å². The van der Waals surface area contributed by atoms with E-state index in [-0.39, 0.29) is 0 Å². The van der Waals surface area contributed by atoms with Gasteiger partial charge in [0.25, 0.3) is 0 Å². The van der Waals surface area contributed by atoms with E-state index in [0.717, 1.165) is 12.1 Å². The Morgan fingerprint density at radius 2 is 1.90 bits per heavy atom. The van der Waals surface area contributed by atoms with E-state index >= 15 is 0 Å². The van der Waals surface area contributed by atoms with E-state index in [9.17, 15) is 0 Å². The van der Waals surface area contributed by atoms with Crippen LogP contribution in [0.15, 0.2) is 0 Å². The molecule has 0 spiro atoms. The Morgan fingerprint density at radius 1 is 1.10 bits per heavy atom. The van der Waals surface area contributed by atoms with Gasteiger partial charge in [-0.2, -0.15) is 0 Å². The van der Waals surface area contributed by atoms with Crippen molar-refractivity contribution in [2.24, 2.45) is 5.41 Å². The molecule has 2 saturated heterocycles. The molecule has 3 nitrogen and oxygen atoms in total. The van der Waals surface area contributed by atoms with E-state index in [1.165, 1.54) is 77.7 Å². The summed E-state index contributed by atoms with van der Waals surface area (Å²) in [6.45, 7) is 8.98. The van der Waals surface area contributed by atoms with Gasteiger partial charge in [0.05, 0.1) is 0 Å². The van der Waals surface area contributed by atoms with Crippen molar-refractivity contribution in [3.05, 3.63) is 0 Å². The lowest BCUT2D eigenvalue weighted by molar-refractivity contribution is 0.0138. The molecule has 0 bridgehead atoms. The average molecular weight is 279 g/mol. The van der Waals surface area contributed by atoms with Gasteiger partial charge in [-0.3, -0.25) is 9.80 Å². The molecule has 0 aromatic heterocycles. The Morgan fingerprint density at radius 3 is 2.65 bits per heavy atom. The SMILES string of the molecule is CNCC1(CN2CC3CCCN3CC2C)CCCCC1. The molecule has 3 aliphatic rings. The van der Waals surface area contributed by atoms with Crippen LogP contribution in [0, 0.1) is 5.41 Å². The van der Waals surface area contributed by atoms with Crippen LogP contribution in [0.2, 0.25) is 0 Å². The average Bonchev–Trinajstić information content (AvgIpc) is 2.87. The molecule has 0 radical (unpaired) electrons. The fraction of sp³-hybridized carbons (Fsp3) is 1.00. The third kappa shape index (κ3) is 3.05. The minimum absolute atomic E-state index is 0.558. The maximum absolute atomic E-state index is 3.49. The van der Waals surface area contributed by atoms with E-state index in [4.69, 9.17) is 0 Å². The summed E-state index contributed by atoms with van der Waals surface area (Å²) in [7, 11) is 2.13. The van der Waals surface area contributed by atoms with Gasteiger partial charge in [0, 0.05) is 38.3 Å². The Balaban J connectivity index is 1.64. The summed E-state index contributed by atoms with van der Waals surface area (Å²) in [6, 6.07) is 1.61. The molecule has 1 aliphatic carbocycles. The van der Waals surface area contributed by atoms with Gasteiger partial charge in [-0.15, -0.1) is 0 Å². The first-order chi connectivity index (χ1) is 9.72. The first-order valence-corrected chi connectivity index (χ1v) is 8.85. The molecular weight excluding hydrogens is 246 g/mol. The number of rotatable bonds is 4. The predicted octanol–water partition coefficient (Wildman–Crippen LogP) is 2.32. The van der Waals surface area contributed by atoms with Crippen LogP contribution >= 0.6 is 0 Å². The maximum Gasteiger partial charge on any atom is 0.0224 e. The lowest BCUT2D eigenvalue weighted by Crippen LogP contribution is -2.58. The van der Waals surface area contributed by atoms with Crippen molar-refractivity contribution in [2.75, 3.05) is 39.8 Å². The maximum atomic E-state index is 3.49. The summed E-state index contributed by atoms with van der Waals surface area (Å²) < 4.78 is 0. The van der Waals surface area contributed by atoms with Gasteiger partial charge >= 0.3 is 0 Å². The molecule has 2 atom stereocenters. The first kappa shape index (κ1) is 14.8. The molecule has 1 saturated carbocycles. The van der Waals surface area contributed by atoms with E-state index in [1.807, 2.05) is 0 Å². The van der Waals surface area contributed by atoms with E-state index < -0.39 is 0 Å². The molecule has 116 valence electrons. The van der Waals surface area contributed by atoms with Gasteiger partial charge in [-0.1, -0.05) is 19.3 Å². The van der Waals surface area contributed by atoms with Gasteiger partial charge in [-0.25, -0.2) is 0 Å². The van der Waals surface area contributed by atoms with Crippen molar-refractivity contribution < 1.29 is 0 Å². The molecule has 3 fully saturated rings. The monoisotopic (exact) mass is 279 g/mol. The second-order valence-electron chi connectivity index (χ2n) is 7.66. The lowest BCUT2D eigenvalue weighted by atomic mass is 9.73. The summed E-state index contributed by atoms with van der Waals surface area (Å²) in [4.78, 5) is 5.57. The highest BCUT2D eigenvalue weighted by Gasteiger charge is 2.39. The van der Waals surface area contributed by atoms with Crippen molar-refractivity contribution in [1.29, 1.82) is 0 Å². The Kier molecular flexibility index (Phi) is 4.68. The molecule has 0 amide bonds. The van der Waals surface area contributed by atoms with Crippen LogP contribution in [-0.4, -0.2) is 61.7 Å². The zero-order valence-corrected chi connectivity index (χ0v) is 13.5. The third-order valence-electron chi connectivity index (χ3n) is 6.07. The second-order valence-corrected chi connectivity index (χ2v) is 7.66. The number of hydrogen-bond acceptors (Lipinski definition) is 3. The van der Waals surface area contributed by atoms with Crippen molar-refractivity contribution in [3.63, 3.8) is 0 Å². The Labute approximate surface area is 125 Å². The third-order valence-corrected chi connectivity index (χ3v) is 6.07. The molecule has 3 heteroatoms. The summed E-state index contributed by atoms with van der Waals surface area (Å²) in [5, 5.41) is 3.49.